The van der Waals surface area contributed by atoms with Crippen molar-refractivity contribution >= 4 is 29.1 Å². The van der Waals surface area contributed by atoms with Gasteiger partial charge in [-0.1, -0.05) is 37.6 Å². The van der Waals surface area contributed by atoms with Crippen LogP contribution < -0.4 is 9.47 Å². The van der Waals surface area contributed by atoms with E-state index in [1.54, 1.807) is 12.1 Å². The topological polar surface area (TPSA) is 76.1 Å². The normalized spacial score (nSPS) is 17.8. The number of amides is 1. The Morgan fingerprint density at radius 3 is 2.55 bits per heavy atom. The average molecular weight is 444 g/mol. The second kappa shape index (κ2) is 9.88. The number of ether oxygens (including phenoxy) is 2. The van der Waals surface area contributed by atoms with E-state index in [0.717, 1.165) is 6.42 Å². The molecule has 1 saturated heterocycles. The highest BCUT2D eigenvalue weighted by molar-refractivity contribution is 6.46. The molecule has 6 nitrogen and oxygen atoms in total. The minimum absolute atomic E-state index is 0.0346. The summed E-state index contributed by atoms with van der Waals surface area (Å²) in [4.78, 5) is 27.3. The fourth-order valence-corrected chi connectivity index (χ4v) is 3.92. The summed E-state index contributed by atoms with van der Waals surface area (Å²) in [6.07, 6.45) is 1.53. The molecule has 164 valence electrons. The van der Waals surface area contributed by atoms with Gasteiger partial charge in [-0.2, -0.15) is 0 Å². The van der Waals surface area contributed by atoms with Crippen LogP contribution in [-0.4, -0.2) is 42.0 Å². The van der Waals surface area contributed by atoms with Crippen LogP contribution in [-0.2, 0) is 9.59 Å². The van der Waals surface area contributed by atoms with Gasteiger partial charge in [0.2, 0.25) is 0 Å². The molecule has 0 radical (unpaired) electrons. The van der Waals surface area contributed by atoms with Crippen molar-refractivity contribution in [2.45, 2.75) is 32.7 Å². The van der Waals surface area contributed by atoms with Gasteiger partial charge in [0.25, 0.3) is 11.7 Å². The lowest BCUT2D eigenvalue weighted by Crippen LogP contribution is -2.30. The number of hydrogen-bond acceptors (Lipinski definition) is 5. The maximum atomic E-state index is 13.0. The zero-order valence-electron chi connectivity index (χ0n) is 17.9. The molecule has 1 aliphatic heterocycles. The van der Waals surface area contributed by atoms with Gasteiger partial charge in [-0.05, 0) is 48.7 Å². The minimum atomic E-state index is -0.720. The van der Waals surface area contributed by atoms with E-state index >= 15 is 0 Å². The fourth-order valence-electron chi connectivity index (χ4n) is 3.66. The number of benzene rings is 2. The summed E-state index contributed by atoms with van der Waals surface area (Å²) in [5.74, 6) is -0.530. The first kappa shape index (κ1) is 22.7. The molecule has 1 unspecified atom stereocenters. The van der Waals surface area contributed by atoms with E-state index in [1.807, 2.05) is 38.1 Å². The number of rotatable bonds is 8. The Kier molecular flexibility index (Phi) is 7.23. The molecule has 1 N–H and O–H groups in total. The number of aliphatic hydroxyl groups is 1. The first-order chi connectivity index (χ1) is 14.9. The lowest BCUT2D eigenvalue weighted by Gasteiger charge is -2.25. The summed E-state index contributed by atoms with van der Waals surface area (Å²) in [6.45, 7) is 4.89. The molecule has 0 bridgehead atoms. The molecule has 2 aromatic carbocycles. The van der Waals surface area contributed by atoms with E-state index in [-0.39, 0.29) is 11.3 Å². The smallest absolute Gasteiger partial charge is 0.295 e. The number of methoxy groups -OCH3 is 1. The third kappa shape index (κ3) is 4.54. The largest absolute Gasteiger partial charge is 0.507 e. The number of Topliss-reactive ketones (excluding diaryl/α,β-unsaturated/α-hetero) is 1. The summed E-state index contributed by atoms with van der Waals surface area (Å²) in [5.41, 5.74) is 1.07. The molecule has 1 aliphatic rings. The van der Waals surface area contributed by atoms with Gasteiger partial charge in [0.15, 0.2) is 0 Å². The van der Waals surface area contributed by atoms with Crippen molar-refractivity contribution in [1.82, 2.24) is 4.90 Å². The molecule has 1 fully saturated rings. The van der Waals surface area contributed by atoms with Crippen molar-refractivity contribution < 1.29 is 24.2 Å². The van der Waals surface area contributed by atoms with Crippen LogP contribution in [0.5, 0.6) is 11.5 Å². The molecular weight excluding hydrogens is 418 g/mol. The van der Waals surface area contributed by atoms with Gasteiger partial charge in [-0.15, -0.1) is 0 Å². The van der Waals surface area contributed by atoms with Gasteiger partial charge in [0, 0.05) is 12.1 Å². The number of halogens is 1. The number of aliphatic hydroxyl groups excluding tert-OH is 1. The zero-order chi connectivity index (χ0) is 22.5. The van der Waals surface area contributed by atoms with Crippen LogP contribution >= 0.6 is 11.6 Å². The molecule has 1 heterocycles. The first-order valence-electron chi connectivity index (χ1n) is 10.3. The first-order valence-corrected chi connectivity index (χ1v) is 10.7. The molecular formula is C24H26ClNO5. The quantitative estimate of drug-likeness (QED) is 0.354. The molecule has 7 heteroatoms. The van der Waals surface area contributed by atoms with Crippen molar-refractivity contribution in [2.75, 3.05) is 20.3 Å². The van der Waals surface area contributed by atoms with Crippen LogP contribution in [0.3, 0.4) is 0 Å². The average Bonchev–Trinajstić information content (AvgIpc) is 3.02. The number of carbonyl (C=O) groups excluding carboxylic acids is 2. The van der Waals surface area contributed by atoms with Gasteiger partial charge in [0.05, 0.1) is 30.4 Å². The van der Waals surface area contributed by atoms with Gasteiger partial charge >= 0.3 is 0 Å². The third-order valence-corrected chi connectivity index (χ3v) is 5.37. The van der Waals surface area contributed by atoms with Gasteiger partial charge in [0.1, 0.15) is 17.3 Å². The van der Waals surface area contributed by atoms with E-state index < -0.39 is 17.7 Å². The van der Waals surface area contributed by atoms with Crippen molar-refractivity contribution in [3.05, 3.63) is 64.2 Å². The van der Waals surface area contributed by atoms with Gasteiger partial charge in [-0.3, -0.25) is 9.59 Å². The molecule has 1 amide bonds. The van der Waals surface area contributed by atoms with Crippen molar-refractivity contribution in [1.29, 1.82) is 0 Å². The van der Waals surface area contributed by atoms with E-state index in [2.05, 4.69) is 0 Å². The van der Waals surface area contributed by atoms with E-state index in [0.29, 0.717) is 47.2 Å². The lowest BCUT2D eigenvalue weighted by atomic mass is 9.95. The van der Waals surface area contributed by atoms with E-state index in [4.69, 9.17) is 21.1 Å². The highest BCUT2D eigenvalue weighted by Gasteiger charge is 2.45. The van der Waals surface area contributed by atoms with E-state index in [1.165, 1.54) is 18.1 Å². The summed E-state index contributed by atoms with van der Waals surface area (Å²) in [6, 6.07) is 11.3. The standard InChI is InChI=1S/C24H26ClNO5/c1-4-11-26-21(15-7-6-8-17(13-15)31-12-5-2)20(23(28)24(26)29)22(27)16-9-10-19(30-3)18(25)14-16/h6-10,13-14,21,27H,4-5,11-12H2,1-3H3/b22-20+. The Bertz CT molecular complexity index is 1020. The van der Waals surface area contributed by atoms with Crippen LogP contribution in [0.4, 0.5) is 0 Å². The molecule has 1 atom stereocenters. The van der Waals surface area contributed by atoms with Crippen molar-refractivity contribution in [2.24, 2.45) is 0 Å². The van der Waals surface area contributed by atoms with Crippen LogP contribution in [0, 0.1) is 0 Å². The summed E-state index contributed by atoms with van der Waals surface area (Å²) >= 11 is 6.21. The summed E-state index contributed by atoms with van der Waals surface area (Å²) in [5, 5.41) is 11.4. The highest BCUT2D eigenvalue weighted by Crippen LogP contribution is 2.41. The maximum absolute atomic E-state index is 13.0. The van der Waals surface area contributed by atoms with Crippen LogP contribution in [0.2, 0.25) is 5.02 Å². The number of likely N-dealkylation sites (tertiary alicyclic amines) is 1. The SMILES string of the molecule is CCCOc1cccc(C2/C(=C(\O)c3ccc(OC)c(Cl)c3)C(=O)C(=O)N2CCC)c1. The molecule has 0 aliphatic carbocycles. The molecule has 0 spiro atoms. The van der Waals surface area contributed by atoms with Crippen LogP contribution in [0.1, 0.15) is 43.9 Å². The Hall–Kier alpha value is -2.99. The predicted molar refractivity (Wildman–Crippen MR) is 120 cm³/mol. The second-order valence-electron chi connectivity index (χ2n) is 7.26. The third-order valence-electron chi connectivity index (χ3n) is 5.08. The Balaban J connectivity index is 2.14. The molecule has 0 saturated carbocycles. The van der Waals surface area contributed by atoms with Crippen molar-refractivity contribution in [3.8, 4) is 11.5 Å². The minimum Gasteiger partial charge on any atom is -0.507 e. The number of nitrogens with zero attached hydrogens (tertiary/aromatic N) is 1. The highest BCUT2D eigenvalue weighted by atomic mass is 35.5. The maximum Gasteiger partial charge on any atom is 0.295 e. The lowest BCUT2D eigenvalue weighted by molar-refractivity contribution is -0.139. The van der Waals surface area contributed by atoms with Gasteiger partial charge in [-0.25, -0.2) is 0 Å². The van der Waals surface area contributed by atoms with Crippen LogP contribution in [0.25, 0.3) is 5.76 Å². The number of ketones is 1. The van der Waals surface area contributed by atoms with Crippen molar-refractivity contribution in [3.63, 3.8) is 0 Å². The molecule has 3 rings (SSSR count). The van der Waals surface area contributed by atoms with E-state index in [9.17, 15) is 14.7 Å². The molecule has 2 aromatic rings. The Morgan fingerprint density at radius 2 is 1.90 bits per heavy atom. The summed E-state index contributed by atoms with van der Waals surface area (Å²) < 4.78 is 10.9. The Morgan fingerprint density at radius 1 is 1.13 bits per heavy atom. The number of carbonyl (C=O) groups is 2. The second-order valence-corrected chi connectivity index (χ2v) is 7.67. The van der Waals surface area contributed by atoms with Gasteiger partial charge < -0.3 is 19.5 Å². The fraction of sp³-hybridized carbons (Fsp3) is 0.333. The monoisotopic (exact) mass is 443 g/mol. The zero-order valence-corrected chi connectivity index (χ0v) is 18.6. The Labute approximate surface area is 187 Å². The molecule has 31 heavy (non-hydrogen) atoms. The van der Waals surface area contributed by atoms with Crippen LogP contribution in [0.15, 0.2) is 48.0 Å². The predicted octanol–water partition coefficient (Wildman–Crippen LogP) is 4.97. The summed E-state index contributed by atoms with van der Waals surface area (Å²) in [7, 11) is 1.49. The number of hydrogen-bond donors (Lipinski definition) is 1. The molecule has 0 aromatic heterocycles.